The van der Waals surface area contributed by atoms with Crippen LogP contribution in [-0.4, -0.2) is 35.6 Å². The topological polar surface area (TPSA) is 108 Å². The molecule has 0 aliphatic carbocycles. The van der Waals surface area contributed by atoms with Gasteiger partial charge in [-0.15, -0.1) is 0 Å². The number of carbonyl (C=O) groups is 3. The predicted octanol–water partition coefficient (Wildman–Crippen LogP) is 4.79. The maximum Gasteiger partial charge on any atom is 0.425 e. The molecule has 0 radical (unpaired) electrons. The minimum atomic E-state index is -1.29. The van der Waals surface area contributed by atoms with Gasteiger partial charge in [-0.25, -0.2) is 14.4 Å². The van der Waals surface area contributed by atoms with E-state index in [0.29, 0.717) is 24.3 Å². The van der Waals surface area contributed by atoms with E-state index in [-0.39, 0.29) is 23.7 Å². The van der Waals surface area contributed by atoms with Gasteiger partial charge in [0, 0.05) is 0 Å². The molecule has 34 heavy (non-hydrogen) atoms. The number of ether oxygens (including phenoxy) is 3. The number of amides is 2. The lowest BCUT2D eigenvalue weighted by Crippen LogP contribution is -2.52. The Bertz CT molecular complexity index is 1010. The van der Waals surface area contributed by atoms with Gasteiger partial charge in [0.1, 0.15) is 23.3 Å². The fourth-order valence-corrected chi connectivity index (χ4v) is 3.11. The Morgan fingerprint density at radius 3 is 1.47 bits per heavy atom. The van der Waals surface area contributed by atoms with Gasteiger partial charge >= 0.3 is 18.2 Å². The van der Waals surface area contributed by atoms with Crippen molar-refractivity contribution in [3.63, 3.8) is 0 Å². The van der Waals surface area contributed by atoms with Crippen LogP contribution in [0, 0.1) is 0 Å². The van der Waals surface area contributed by atoms with Crippen LogP contribution in [0.2, 0.25) is 0 Å². The number of nitrogens with zero attached hydrogens (tertiary/aromatic N) is 1. The van der Waals surface area contributed by atoms with Crippen LogP contribution in [0.15, 0.2) is 91.0 Å². The van der Waals surface area contributed by atoms with E-state index >= 15 is 0 Å². The van der Waals surface area contributed by atoms with E-state index in [4.69, 9.17) is 19.9 Å². The molecule has 3 aromatic carbocycles. The summed E-state index contributed by atoms with van der Waals surface area (Å²) in [7, 11) is 0. The summed E-state index contributed by atoms with van der Waals surface area (Å²) in [4.78, 5) is 40.1. The summed E-state index contributed by atoms with van der Waals surface area (Å²) in [5.74, 6) is -0.0911. The molecule has 0 bridgehead atoms. The standard InChI is InChI=1S/C26H26N2O6/c27-19-11-10-18-23(24(29)32-20-12-4-1-5-13-20)28(25(30)33-21-14-6-2-7-15-21)26(31)34-22-16-8-3-9-17-22/h1-9,12-17,23H,10-11,18-19,27H2/t23-/m0/s1. The lowest BCUT2D eigenvalue weighted by Gasteiger charge is -2.27. The van der Waals surface area contributed by atoms with Crippen molar-refractivity contribution in [1.29, 1.82) is 0 Å². The first-order chi connectivity index (χ1) is 16.6. The van der Waals surface area contributed by atoms with Crippen molar-refractivity contribution >= 4 is 18.2 Å². The second-order valence-electron chi connectivity index (χ2n) is 7.27. The number of esters is 1. The number of carbonyl (C=O) groups excluding carboxylic acids is 3. The molecule has 0 aliphatic heterocycles. The molecule has 0 spiro atoms. The highest BCUT2D eigenvalue weighted by atomic mass is 16.6. The molecule has 0 unspecified atom stereocenters. The molecule has 8 nitrogen and oxygen atoms in total. The van der Waals surface area contributed by atoms with Crippen molar-refractivity contribution in [3.8, 4) is 17.2 Å². The Morgan fingerprint density at radius 1 is 0.647 bits per heavy atom. The summed E-state index contributed by atoms with van der Waals surface area (Å²) in [5, 5.41) is 0. The zero-order chi connectivity index (χ0) is 24.2. The Balaban J connectivity index is 1.90. The van der Waals surface area contributed by atoms with Gasteiger partial charge in [-0.1, -0.05) is 54.6 Å². The van der Waals surface area contributed by atoms with Crippen molar-refractivity contribution < 1.29 is 28.6 Å². The second kappa shape index (κ2) is 12.8. The van der Waals surface area contributed by atoms with Gasteiger partial charge in [0.05, 0.1) is 0 Å². The van der Waals surface area contributed by atoms with Crippen LogP contribution in [0.4, 0.5) is 9.59 Å². The molecular formula is C26H26N2O6. The number of para-hydroxylation sites is 3. The maximum absolute atomic E-state index is 13.2. The first-order valence-electron chi connectivity index (χ1n) is 10.9. The minimum absolute atomic E-state index is 0.122. The van der Waals surface area contributed by atoms with E-state index in [9.17, 15) is 14.4 Å². The third kappa shape index (κ3) is 7.18. The first-order valence-corrected chi connectivity index (χ1v) is 10.9. The molecule has 0 saturated heterocycles. The van der Waals surface area contributed by atoms with Crippen molar-refractivity contribution in [2.45, 2.75) is 25.3 Å². The molecule has 0 fully saturated rings. The summed E-state index contributed by atoms with van der Waals surface area (Å²) in [6.07, 6.45) is -0.940. The Hall–Kier alpha value is -4.17. The van der Waals surface area contributed by atoms with Gasteiger partial charge in [0.2, 0.25) is 0 Å². The zero-order valence-electron chi connectivity index (χ0n) is 18.5. The van der Waals surface area contributed by atoms with Crippen LogP contribution in [0.1, 0.15) is 19.3 Å². The molecule has 0 aromatic heterocycles. The van der Waals surface area contributed by atoms with Gasteiger partial charge in [-0.3, -0.25) is 0 Å². The molecule has 0 aliphatic rings. The summed E-state index contributed by atoms with van der Waals surface area (Å²) < 4.78 is 16.2. The predicted molar refractivity (Wildman–Crippen MR) is 126 cm³/mol. The molecule has 0 heterocycles. The monoisotopic (exact) mass is 462 g/mol. The number of hydrogen-bond acceptors (Lipinski definition) is 7. The molecule has 2 amide bonds. The fourth-order valence-electron chi connectivity index (χ4n) is 3.11. The quantitative estimate of drug-likeness (QED) is 0.277. The molecule has 3 aromatic rings. The number of benzene rings is 3. The van der Waals surface area contributed by atoms with Crippen LogP contribution >= 0.6 is 0 Å². The van der Waals surface area contributed by atoms with E-state index < -0.39 is 24.2 Å². The Morgan fingerprint density at radius 2 is 1.06 bits per heavy atom. The lowest BCUT2D eigenvalue weighted by molar-refractivity contribution is -0.139. The van der Waals surface area contributed by atoms with E-state index in [1.165, 1.54) is 0 Å². The highest BCUT2D eigenvalue weighted by Gasteiger charge is 2.39. The number of imide groups is 1. The van der Waals surface area contributed by atoms with Crippen molar-refractivity contribution in [1.82, 2.24) is 4.90 Å². The highest BCUT2D eigenvalue weighted by molar-refractivity contribution is 5.95. The van der Waals surface area contributed by atoms with Gasteiger partial charge in [0.25, 0.3) is 0 Å². The third-order valence-electron chi connectivity index (χ3n) is 4.77. The Labute approximate surface area is 197 Å². The average molecular weight is 463 g/mol. The van der Waals surface area contributed by atoms with Gasteiger partial charge in [0.15, 0.2) is 0 Å². The Kier molecular flexibility index (Phi) is 9.19. The van der Waals surface area contributed by atoms with E-state index in [2.05, 4.69) is 0 Å². The van der Waals surface area contributed by atoms with Gasteiger partial charge < -0.3 is 19.9 Å². The minimum Gasteiger partial charge on any atom is -0.425 e. The zero-order valence-corrected chi connectivity index (χ0v) is 18.5. The first kappa shape index (κ1) is 24.5. The molecule has 176 valence electrons. The maximum atomic E-state index is 13.2. The summed E-state index contributed by atoms with van der Waals surface area (Å²) >= 11 is 0. The molecule has 8 heteroatoms. The van der Waals surface area contributed by atoms with Gasteiger partial charge in [-0.05, 0) is 62.2 Å². The molecule has 3 rings (SSSR count). The van der Waals surface area contributed by atoms with Crippen molar-refractivity contribution in [2.75, 3.05) is 6.54 Å². The molecule has 2 N–H and O–H groups in total. The molecular weight excluding hydrogens is 436 g/mol. The fraction of sp³-hybridized carbons (Fsp3) is 0.192. The van der Waals surface area contributed by atoms with Crippen LogP contribution in [0.5, 0.6) is 17.2 Å². The summed E-state index contributed by atoms with van der Waals surface area (Å²) in [6, 6.07) is 23.6. The summed E-state index contributed by atoms with van der Waals surface area (Å²) in [5.41, 5.74) is 5.60. The number of unbranched alkanes of at least 4 members (excludes halogenated alkanes) is 1. The smallest absolute Gasteiger partial charge is 0.425 e. The van der Waals surface area contributed by atoms with Gasteiger partial charge in [-0.2, -0.15) is 4.90 Å². The SMILES string of the molecule is NCCCC[C@@H](C(=O)Oc1ccccc1)N(C(=O)Oc1ccccc1)C(=O)Oc1ccccc1. The average Bonchev–Trinajstić information content (AvgIpc) is 2.85. The number of rotatable bonds is 9. The van der Waals surface area contributed by atoms with E-state index in [0.717, 1.165) is 0 Å². The van der Waals surface area contributed by atoms with Crippen LogP contribution in [-0.2, 0) is 4.79 Å². The largest absolute Gasteiger partial charge is 0.425 e. The highest BCUT2D eigenvalue weighted by Crippen LogP contribution is 2.20. The second-order valence-corrected chi connectivity index (χ2v) is 7.27. The molecule has 1 atom stereocenters. The normalized spacial score (nSPS) is 11.2. The van der Waals surface area contributed by atoms with Crippen LogP contribution in [0.25, 0.3) is 0 Å². The van der Waals surface area contributed by atoms with Crippen molar-refractivity contribution in [3.05, 3.63) is 91.0 Å². The van der Waals surface area contributed by atoms with E-state index in [1.54, 1.807) is 91.0 Å². The number of nitrogens with two attached hydrogens (primary N) is 1. The number of hydrogen-bond donors (Lipinski definition) is 1. The van der Waals surface area contributed by atoms with Crippen LogP contribution < -0.4 is 19.9 Å². The summed E-state index contributed by atoms with van der Waals surface area (Å²) in [6.45, 7) is 0.392. The molecule has 0 saturated carbocycles. The van der Waals surface area contributed by atoms with E-state index in [1.807, 2.05) is 0 Å². The third-order valence-corrected chi connectivity index (χ3v) is 4.77. The van der Waals surface area contributed by atoms with Crippen molar-refractivity contribution in [2.24, 2.45) is 5.73 Å². The van der Waals surface area contributed by atoms with Crippen LogP contribution in [0.3, 0.4) is 0 Å². The lowest BCUT2D eigenvalue weighted by atomic mass is 10.1.